The summed E-state index contributed by atoms with van der Waals surface area (Å²) in [5.41, 5.74) is 4.23. The lowest BCUT2D eigenvalue weighted by molar-refractivity contribution is -0.146. The fraction of sp³-hybridized carbons (Fsp3) is 0.469. The van der Waals surface area contributed by atoms with Crippen LogP contribution in [0.25, 0.3) is 22.0 Å². The lowest BCUT2D eigenvalue weighted by Crippen LogP contribution is -2.46. The van der Waals surface area contributed by atoms with Gasteiger partial charge in [-0.05, 0) is 62.8 Å². The summed E-state index contributed by atoms with van der Waals surface area (Å²) in [7, 11) is 4.04. The van der Waals surface area contributed by atoms with E-state index >= 15 is 0 Å². The van der Waals surface area contributed by atoms with Crippen molar-refractivity contribution in [3.63, 3.8) is 0 Å². The maximum atomic E-state index is 14.5. The molecule has 0 radical (unpaired) electrons. The zero-order valence-electron chi connectivity index (χ0n) is 25.3. The number of imidazole rings is 1. The Bertz CT molecular complexity index is 1650. The number of halogens is 3. The molecule has 0 bridgehead atoms. The van der Waals surface area contributed by atoms with Crippen molar-refractivity contribution < 1.29 is 27.4 Å². The monoisotopic (exact) mass is 610 g/mol. The number of fused-ring (bicyclic) bond motifs is 2. The molecule has 12 heteroatoms. The van der Waals surface area contributed by atoms with Gasteiger partial charge in [-0.25, -0.2) is 22.9 Å². The van der Waals surface area contributed by atoms with Crippen LogP contribution in [0.5, 0.6) is 0 Å². The van der Waals surface area contributed by atoms with Gasteiger partial charge in [-0.3, -0.25) is 4.68 Å². The van der Waals surface area contributed by atoms with E-state index in [1.54, 1.807) is 11.5 Å². The fourth-order valence-corrected chi connectivity index (χ4v) is 6.37. The Balaban J connectivity index is 1.38. The maximum absolute atomic E-state index is 14.5. The van der Waals surface area contributed by atoms with Crippen LogP contribution in [0.15, 0.2) is 42.9 Å². The van der Waals surface area contributed by atoms with Crippen molar-refractivity contribution in [1.29, 1.82) is 0 Å². The SMILES string of the molecule is CCOC(=O)C(c1ncn2c1C[C@@H](F)C2)n1cc2c(C(F)F)cc(-c3ccc(N4CCOC(CN(C)C)C4)cc3)c(C)c2n1. The highest BCUT2D eigenvalue weighted by Crippen LogP contribution is 2.38. The maximum Gasteiger partial charge on any atom is 0.337 e. The molecule has 2 aromatic heterocycles. The molecule has 2 unspecified atom stereocenters. The summed E-state index contributed by atoms with van der Waals surface area (Å²) >= 11 is 0. The summed E-state index contributed by atoms with van der Waals surface area (Å²) in [4.78, 5) is 22.0. The van der Waals surface area contributed by atoms with Gasteiger partial charge in [-0.15, -0.1) is 0 Å². The number of carbonyl (C=O) groups is 1. The van der Waals surface area contributed by atoms with Crippen LogP contribution in [0, 0.1) is 6.92 Å². The van der Waals surface area contributed by atoms with E-state index in [1.807, 2.05) is 45.3 Å². The fourth-order valence-electron chi connectivity index (χ4n) is 6.37. The first kappa shape index (κ1) is 30.1. The Morgan fingerprint density at radius 1 is 1.20 bits per heavy atom. The largest absolute Gasteiger partial charge is 0.464 e. The van der Waals surface area contributed by atoms with Gasteiger partial charge in [0.15, 0.2) is 6.04 Å². The summed E-state index contributed by atoms with van der Waals surface area (Å²) < 4.78 is 57.6. The molecule has 4 heterocycles. The van der Waals surface area contributed by atoms with Gasteiger partial charge in [0.2, 0.25) is 0 Å². The standard InChI is InChI=1S/C32H37F3N6O3/c1-5-43-32(42)30(29-27-12-21(33)14-40(27)18-36-29)41-17-26-25(31(34)35)13-24(19(2)28(26)37-41)20-6-8-22(9-7-20)39-10-11-44-23(16-39)15-38(3)4/h6-9,13,17-18,21,23,30-31H,5,10-12,14-16H2,1-4H3/t21-,23?,30?/m1/s1. The molecule has 44 heavy (non-hydrogen) atoms. The molecule has 2 aliphatic heterocycles. The zero-order valence-corrected chi connectivity index (χ0v) is 25.3. The Kier molecular flexibility index (Phi) is 8.38. The van der Waals surface area contributed by atoms with Gasteiger partial charge in [0, 0.05) is 54.6 Å². The predicted molar refractivity (Wildman–Crippen MR) is 161 cm³/mol. The van der Waals surface area contributed by atoms with Crippen LogP contribution in [0.1, 0.15) is 41.9 Å². The molecule has 2 aliphatic rings. The molecule has 4 aromatic rings. The number of ether oxygens (including phenoxy) is 2. The number of nitrogens with zero attached hydrogens (tertiary/aromatic N) is 6. The smallest absolute Gasteiger partial charge is 0.337 e. The Hall–Kier alpha value is -3.90. The molecule has 234 valence electrons. The van der Waals surface area contributed by atoms with Crippen molar-refractivity contribution in [2.24, 2.45) is 0 Å². The summed E-state index contributed by atoms with van der Waals surface area (Å²) in [6.45, 7) is 6.79. The Morgan fingerprint density at radius 2 is 1.98 bits per heavy atom. The second-order valence-corrected chi connectivity index (χ2v) is 11.7. The number of hydrogen-bond donors (Lipinski definition) is 0. The van der Waals surface area contributed by atoms with Gasteiger partial charge in [0.25, 0.3) is 6.43 Å². The lowest BCUT2D eigenvalue weighted by atomic mass is 9.95. The highest BCUT2D eigenvalue weighted by molar-refractivity contribution is 5.92. The molecule has 0 aliphatic carbocycles. The van der Waals surface area contributed by atoms with E-state index in [2.05, 4.69) is 19.9 Å². The lowest BCUT2D eigenvalue weighted by Gasteiger charge is -2.35. The highest BCUT2D eigenvalue weighted by Gasteiger charge is 2.35. The van der Waals surface area contributed by atoms with Crippen molar-refractivity contribution in [3.05, 3.63) is 65.4 Å². The molecule has 0 amide bonds. The minimum absolute atomic E-state index is 0.104. The molecule has 1 fully saturated rings. The van der Waals surface area contributed by atoms with Crippen molar-refractivity contribution in [2.45, 2.75) is 51.6 Å². The second kappa shape index (κ2) is 12.2. The zero-order chi connectivity index (χ0) is 31.1. The van der Waals surface area contributed by atoms with E-state index in [9.17, 15) is 18.0 Å². The topological polar surface area (TPSA) is 77.6 Å². The average molecular weight is 611 g/mol. The van der Waals surface area contributed by atoms with Gasteiger partial charge >= 0.3 is 5.97 Å². The Morgan fingerprint density at radius 3 is 2.68 bits per heavy atom. The number of anilines is 1. The number of esters is 1. The minimum Gasteiger partial charge on any atom is -0.464 e. The molecule has 3 atom stereocenters. The second-order valence-electron chi connectivity index (χ2n) is 11.7. The first-order valence-electron chi connectivity index (χ1n) is 14.9. The van der Waals surface area contributed by atoms with Crippen LogP contribution in [0.4, 0.5) is 18.9 Å². The van der Waals surface area contributed by atoms with Crippen molar-refractivity contribution in [2.75, 3.05) is 51.8 Å². The third-order valence-corrected chi connectivity index (χ3v) is 8.41. The van der Waals surface area contributed by atoms with Crippen LogP contribution >= 0.6 is 0 Å². The van der Waals surface area contributed by atoms with Gasteiger partial charge in [-0.1, -0.05) is 12.1 Å². The number of rotatable bonds is 9. The molecule has 2 aromatic carbocycles. The van der Waals surface area contributed by atoms with Crippen molar-refractivity contribution in [1.82, 2.24) is 24.2 Å². The van der Waals surface area contributed by atoms with Crippen molar-refractivity contribution >= 4 is 22.6 Å². The van der Waals surface area contributed by atoms with Gasteiger partial charge in [0.1, 0.15) is 6.17 Å². The van der Waals surface area contributed by atoms with Crippen LogP contribution in [-0.2, 0) is 27.2 Å². The number of benzene rings is 2. The first-order chi connectivity index (χ1) is 21.1. The molecular weight excluding hydrogens is 573 g/mol. The molecular formula is C32H37F3N6O3. The van der Waals surface area contributed by atoms with E-state index in [1.165, 1.54) is 23.3 Å². The quantitative estimate of drug-likeness (QED) is 0.248. The molecule has 6 rings (SSSR count). The van der Waals surface area contributed by atoms with E-state index < -0.39 is 24.6 Å². The van der Waals surface area contributed by atoms with E-state index in [4.69, 9.17) is 9.47 Å². The van der Waals surface area contributed by atoms with Crippen LogP contribution < -0.4 is 4.90 Å². The van der Waals surface area contributed by atoms with E-state index in [-0.39, 0.29) is 36.6 Å². The Labute approximate surface area is 254 Å². The number of morpholine rings is 1. The molecule has 1 saturated heterocycles. The van der Waals surface area contributed by atoms with Crippen LogP contribution in [-0.4, -0.2) is 89.4 Å². The van der Waals surface area contributed by atoms with Gasteiger partial charge in [-0.2, -0.15) is 5.10 Å². The van der Waals surface area contributed by atoms with Crippen molar-refractivity contribution in [3.8, 4) is 11.1 Å². The number of aryl methyl sites for hydroxylation is 1. The highest BCUT2D eigenvalue weighted by atomic mass is 19.3. The third kappa shape index (κ3) is 5.68. The molecule has 9 nitrogen and oxygen atoms in total. The summed E-state index contributed by atoms with van der Waals surface area (Å²) in [5, 5.41) is 4.92. The number of carbonyl (C=O) groups excluding carboxylic acids is 1. The summed E-state index contributed by atoms with van der Waals surface area (Å²) in [6, 6.07) is 8.26. The normalized spacial score (nSPS) is 19.2. The molecule has 0 spiro atoms. The minimum atomic E-state index is -2.78. The number of likely N-dealkylation sites (N-methyl/N-ethyl adjacent to an activating group) is 1. The van der Waals surface area contributed by atoms with Gasteiger partial charge < -0.3 is 23.8 Å². The number of hydrogen-bond acceptors (Lipinski definition) is 7. The number of alkyl halides is 3. The summed E-state index contributed by atoms with van der Waals surface area (Å²) in [5.74, 6) is -0.632. The number of aromatic nitrogens is 4. The summed E-state index contributed by atoms with van der Waals surface area (Å²) in [6.07, 6.45) is -0.706. The van der Waals surface area contributed by atoms with E-state index in [0.29, 0.717) is 34.6 Å². The van der Waals surface area contributed by atoms with E-state index in [0.717, 1.165) is 30.9 Å². The molecule has 0 N–H and O–H groups in total. The van der Waals surface area contributed by atoms with Crippen LogP contribution in [0.2, 0.25) is 0 Å². The first-order valence-corrected chi connectivity index (χ1v) is 14.9. The third-order valence-electron chi connectivity index (χ3n) is 8.41. The predicted octanol–water partition coefficient (Wildman–Crippen LogP) is 4.96. The molecule has 0 saturated carbocycles. The van der Waals surface area contributed by atoms with Crippen LogP contribution in [0.3, 0.4) is 0 Å². The average Bonchev–Trinajstić information content (AvgIpc) is 3.69. The van der Waals surface area contributed by atoms with Gasteiger partial charge in [0.05, 0.1) is 43.4 Å².